The maximum atomic E-state index is 12.1. The van der Waals surface area contributed by atoms with Gasteiger partial charge < -0.3 is 16.0 Å². The number of rotatable bonds is 7. The second kappa shape index (κ2) is 12.6. The molecule has 0 unspecified atom stereocenters. The second-order valence-corrected chi connectivity index (χ2v) is 6.63. The predicted octanol–water partition coefficient (Wildman–Crippen LogP) is 4.03. The molecular weight excluding hydrogens is 471 g/mol. The molecule has 2 rings (SSSR count). The van der Waals surface area contributed by atoms with E-state index in [1.165, 1.54) is 16.0 Å². The molecule has 146 valence electrons. The number of halogens is 1. The summed E-state index contributed by atoms with van der Waals surface area (Å²) in [6, 6.07) is 15.8. The van der Waals surface area contributed by atoms with Gasteiger partial charge in [0.2, 0.25) is 5.91 Å². The molecule has 0 saturated heterocycles. The van der Waals surface area contributed by atoms with E-state index >= 15 is 0 Å². The Morgan fingerprint density at radius 1 is 1.11 bits per heavy atom. The third-order valence-electron chi connectivity index (χ3n) is 3.67. The summed E-state index contributed by atoms with van der Waals surface area (Å²) in [7, 11) is 0. The minimum atomic E-state index is -0.109. The van der Waals surface area contributed by atoms with Crippen molar-refractivity contribution in [2.45, 2.75) is 25.3 Å². The quantitative estimate of drug-likeness (QED) is 0.234. The lowest BCUT2D eigenvalue weighted by atomic mass is 10.1. The Labute approximate surface area is 182 Å². The zero-order valence-corrected chi connectivity index (χ0v) is 19.1. The number of benzene rings is 2. The standard InChI is InChI=1S/C20H26N4OS.HI/c1-4-21-20(22-13-16-11-10-15(2)12-18(16)26-3)23-14-19(25)24-17-8-6-5-7-9-17;/h5-12H,4,13-14H2,1-3H3,(H,24,25)(H2,21,22,23);1H. The number of anilines is 1. The highest BCUT2D eigenvalue weighted by Gasteiger charge is 2.05. The van der Waals surface area contributed by atoms with Gasteiger partial charge in [-0.25, -0.2) is 4.99 Å². The SMILES string of the molecule is CCNC(=NCc1ccc(C)cc1SC)NCC(=O)Nc1ccccc1.I. The van der Waals surface area contributed by atoms with Gasteiger partial charge in [0.15, 0.2) is 5.96 Å². The van der Waals surface area contributed by atoms with E-state index in [-0.39, 0.29) is 36.4 Å². The van der Waals surface area contributed by atoms with E-state index in [1.807, 2.05) is 37.3 Å². The molecule has 0 bridgehead atoms. The number of guanidine groups is 1. The van der Waals surface area contributed by atoms with Crippen LogP contribution in [0.3, 0.4) is 0 Å². The van der Waals surface area contributed by atoms with Gasteiger partial charge in [0, 0.05) is 17.1 Å². The van der Waals surface area contributed by atoms with E-state index in [4.69, 9.17) is 0 Å². The third-order valence-corrected chi connectivity index (χ3v) is 4.49. The van der Waals surface area contributed by atoms with Crippen molar-refractivity contribution >= 4 is 53.3 Å². The minimum Gasteiger partial charge on any atom is -0.357 e. The molecule has 0 radical (unpaired) electrons. The lowest BCUT2D eigenvalue weighted by Crippen LogP contribution is -2.41. The Morgan fingerprint density at radius 3 is 2.52 bits per heavy atom. The fraction of sp³-hybridized carbons (Fsp3) is 0.300. The number of thioether (sulfide) groups is 1. The van der Waals surface area contributed by atoms with Crippen LogP contribution in [0.2, 0.25) is 0 Å². The molecule has 2 aromatic carbocycles. The summed E-state index contributed by atoms with van der Waals surface area (Å²) < 4.78 is 0. The van der Waals surface area contributed by atoms with Gasteiger partial charge in [-0.05, 0) is 49.4 Å². The fourth-order valence-electron chi connectivity index (χ4n) is 2.38. The average Bonchev–Trinajstić information content (AvgIpc) is 2.65. The number of hydrogen-bond donors (Lipinski definition) is 3. The Bertz CT molecular complexity index is 753. The van der Waals surface area contributed by atoms with E-state index in [1.54, 1.807) is 11.8 Å². The molecule has 0 saturated carbocycles. The zero-order valence-electron chi connectivity index (χ0n) is 15.9. The first-order chi connectivity index (χ1) is 12.6. The van der Waals surface area contributed by atoms with E-state index < -0.39 is 0 Å². The highest BCUT2D eigenvalue weighted by atomic mass is 127. The van der Waals surface area contributed by atoms with E-state index in [0.29, 0.717) is 12.5 Å². The molecule has 7 heteroatoms. The van der Waals surface area contributed by atoms with E-state index in [2.05, 4.69) is 52.3 Å². The molecule has 27 heavy (non-hydrogen) atoms. The molecule has 3 N–H and O–H groups in total. The van der Waals surface area contributed by atoms with Crippen LogP contribution in [0.4, 0.5) is 5.69 Å². The number of carbonyl (C=O) groups excluding carboxylic acids is 1. The van der Waals surface area contributed by atoms with Gasteiger partial charge in [0.05, 0.1) is 13.1 Å². The van der Waals surface area contributed by atoms with Crippen LogP contribution in [0.25, 0.3) is 0 Å². The molecule has 0 aliphatic carbocycles. The summed E-state index contributed by atoms with van der Waals surface area (Å²) in [6.07, 6.45) is 2.07. The topological polar surface area (TPSA) is 65.5 Å². The normalized spacial score (nSPS) is 10.7. The summed E-state index contributed by atoms with van der Waals surface area (Å²) in [5, 5.41) is 9.10. The maximum absolute atomic E-state index is 12.1. The molecule has 1 amide bonds. The molecule has 2 aromatic rings. The van der Waals surface area contributed by atoms with Crippen LogP contribution in [0.15, 0.2) is 58.4 Å². The van der Waals surface area contributed by atoms with Crippen molar-refractivity contribution in [3.63, 3.8) is 0 Å². The van der Waals surface area contributed by atoms with Crippen molar-refractivity contribution in [3.05, 3.63) is 59.7 Å². The number of para-hydroxylation sites is 1. The molecule has 0 fully saturated rings. The zero-order chi connectivity index (χ0) is 18.8. The Morgan fingerprint density at radius 2 is 1.85 bits per heavy atom. The van der Waals surface area contributed by atoms with Crippen LogP contribution in [0, 0.1) is 6.92 Å². The molecule has 5 nitrogen and oxygen atoms in total. The minimum absolute atomic E-state index is 0. The van der Waals surface area contributed by atoms with Crippen molar-refractivity contribution in [2.24, 2.45) is 4.99 Å². The molecule has 0 atom stereocenters. The van der Waals surface area contributed by atoms with E-state index in [0.717, 1.165) is 12.2 Å². The summed E-state index contributed by atoms with van der Waals surface area (Å²) in [5.41, 5.74) is 3.20. The molecule has 0 aromatic heterocycles. The number of aryl methyl sites for hydroxylation is 1. The van der Waals surface area contributed by atoms with Gasteiger partial charge in [-0.15, -0.1) is 35.7 Å². The van der Waals surface area contributed by atoms with Gasteiger partial charge in [-0.2, -0.15) is 0 Å². The van der Waals surface area contributed by atoms with Crippen LogP contribution in [0.1, 0.15) is 18.1 Å². The van der Waals surface area contributed by atoms with Crippen molar-refractivity contribution in [2.75, 3.05) is 24.7 Å². The van der Waals surface area contributed by atoms with Crippen LogP contribution in [0.5, 0.6) is 0 Å². The van der Waals surface area contributed by atoms with Crippen LogP contribution in [-0.2, 0) is 11.3 Å². The predicted molar refractivity (Wildman–Crippen MR) is 126 cm³/mol. The number of aliphatic imine (C=N–C) groups is 1. The van der Waals surface area contributed by atoms with Crippen molar-refractivity contribution in [1.82, 2.24) is 10.6 Å². The largest absolute Gasteiger partial charge is 0.357 e. The first-order valence-corrected chi connectivity index (χ1v) is 9.85. The Kier molecular flexibility index (Phi) is 10.9. The smallest absolute Gasteiger partial charge is 0.243 e. The molecular formula is C20H27IN4OS. The van der Waals surface area contributed by atoms with Gasteiger partial charge in [-0.3, -0.25) is 4.79 Å². The monoisotopic (exact) mass is 498 g/mol. The second-order valence-electron chi connectivity index (χ2n) is 5.78. The number of carbonyl (C=O) groups is 1. The summed E-state index contributed by atoms with van der Waals surface area (Å²) in [5.74, 6) is 0.519. The van der Waals surface area contributed by atoms with Crippen LogP contribution < -0.4 is 16.0 Å². The molecule has 0 heterocycles. The van der Waals surface area contributed by atoms with Crippen molar-refractivity contribution in [3.8, 4) is 0 Å². The summed E-state index contributed by atoms with van der Waals surface area (Å²) in [6.45, 7) is 5.54. The van der Waals surface area contributed by atoms with Crippen LogP contribution in [-0.4, -0.2) is 31.2 Å². The van der Waals surface area contributed by atoms with Gasteiger partial charge in [0.25, 0.3) is 0 Å². The lowest BCUT2D eigenvalue weighted by Gasteiger charge is -2.12. The number of hydrogen-bond acceptors (Lipinski definition) is 3. The number of amides is 1. The Balaban J connectivity index is 0.00000364. The first-order valence-electron chi connectivity index (χ1n) is 8.63. The third kappa shape index (κ3) is 8.21. The number of nitrogens with zero attached hydrogens (tertiary/aromatic N) is 1. The van der Waals surface area contributed by atoms with Gasteiger partial charge in [0.1, 0.15) is 0 Å². The van der Waals surface area contributed by atoms with E-state index in [9.17, 15) is 4.79 Å². The number of nitrogens with one attached hydrogen (secondary N) is 3. The molecule has 0 aliphatic heterocycles. The highest BCUT2D eigenvalue weighted by Crippen LogP contribution is 2.22. The van der Waals surface area contributed by atoms with Crippen LogP contribution >= 0.6 is 35.7 Å². The van der Waals surface area contributed by atoms with Crippen molar-refractivity contribution in [1.29, 1.82) is 0 Å². The Hall–Kier alpha value is -1.74. The lowest BCUT2D eigenvalue weighted by molar-refractivity contribution is -0.115. The van der Waals surface area contributed by atoms with Gasteiger partial charge >= 0.3 is 0 Å². The summed E-state index contributed by atoms with van der Waals surface area (Å²) >= 11 is 1.72. The molecule has 0 aliphatic rings. The maximum Gasteiger partial charge on any atom is 0.243 e. The summed E-state index contributed by atoms with van der Waals surface area (Å²) in [4.78, 5) is 17.9. The van der Waals surface area contributed by atoms with Gasteiger partial charge in [-0.1, -0.05) is 30.3 Å². The highest BCUT2D eigenvalue weighted by molar-refractivity contribution is 14.0. The fourth-order valence-corrected chi connectivity index (χ4v) is 3.08. The average molecular weight is 498 g/mol. The first kappa shape index (κ1) is 23.3. The molecule has 0 spiro atoms. The van der Waals surface area contributed by atoms with Crippen molar-refractivity contribution < 1.29 is 4.79 Å².